The van der Waals surface area contributed by atoms with Crippen LogP contribution in [0.3, 0.4) is 0 Å². The first-order valence-electron chi connectivity index (χ1n) is 11.3. The maximum atomic E-state index is 14.0. The molecule has 1 aromatic carbocycles. The zero-order chi connectivity index (χ0) is 26.7. The molecule has 3 aliphatic carbocycles. The molecule has 0 spiro atoms. The van der Waals surface area contributed by atoms with Crippen LogP contribution in [-0.2, 0) is 39.9 Å². The second kappa shape index (κ2) is 8.51. The van der Waals surface area contributed by atoms with E-state index >= 15 is 0 Å². The average molecular weight is 498 g/mol. The van der Waals surface area contributed by atoms with Crippen molar-refractivity contribution >= 4 is 40.9 Å². The summed E-state index contributed by atoms with van der Waals surface area (Å²) in [6.45, 7) is 2.09. The fraction of sp³-hybridized carbons (Fsp3) is 0.400. The average Bonchev–Trinajstić information content (AvgIpc) is 2.74. The SMILES string of the molecule is CC(=O)OC1=C(C(N)=O)C(=O)[C@@]2(OC(C)=O)C(=O)C3=C(O)c4c(O)ccc(N(C)C)c4C[C@H]3C[C@H]2C1. The van der Waals surface area contributed by atoms with Crippen LogP contribution in [0.15, 0.2) is 29.0 Å². The maximum absolute atomic E-state index is 14.0. The van der Waals surface area contributed by atoms with Crippen LogP contribution in [0.4, 0.5) is 5.69 Å². The van der Waals surface area contributed by atoms with Gasteiger partial charge in [-0.3, -0.25) is 24.0 Å². The topological polar surface area (TPSA) is 174 Å². The normalized spacial score (nSPS) is 25.0. The molecule has 4 N–H and O–H groups in total. The van der Waals surface area contributed by atoms with Gasteiger partial charge in [0.2, 0.25) is 17.2 Å². The van der Waals surface area contributed by atoms with E-state index in [-0.39, 0.29) is 41.9 Å². The van der Waals surface area contributed by atoms with Gasteiger partial charge in [-0.05, 0) is 36.5 Å². The molecular weight excluding hydrogens is 472 g/mol. The number of phenols is 1. The van der Waals surface area contributed by atoms with Gasteiger partial charge in [0.15, 0.2) is 0 Å². The fourth-order valence-electron chi connectivity index (χ4n) is 5.65. The van der Waals surface area contributed by atoms with Crippen molar-refractivity contribution in [3.8, 4) is 5.75 Å². The number of carbonyl (C=O) groups is 5. The van der Waals surface area contributed by atoms with Crippen LogP contribution in [-0.4, -0.2) is 59.3 Å². The minimum absolute atomic E-state index is 0.0479. The molecule has 0 unspecified atom stereocenters. The summed E-state index contributed by atoms with van der Waals surface area (Å²) in [6, 6.07) is 3.07. The lowest BCUT2D eigenvalue weighted by Crippen LogP contribution is -2.63. The molecule has 1 aromatic rings. The third-order valence-electron chi connectivity index (χ3n) is 6.92. The number of amides is 1. The number of ether oxygens (including phenoxy) is 2. The van der Waals surface area contributed by atoms with Gasteiger partial charge in [0.05, 0.1) is 5.56 Å². The van der Waals surface area contributed by atoms with E-state index < -0.39 is 58.2 Å². The number of aliphatic hydroxyl groups excluding tert-OH is 1. The number of nitrogens with zero attached hydrogens (tertiary/aromatic N) is 1. The molecule has 3 aliphatic rings. The Morgan fingerprint density at radius 2 is 1.72 bits per heavy atom. The number of primary amides is 1. The maximum Gasteiger partial charge on any atom is 0.307 e. The molecule has 11 heteroatoms. The summed E-state index contributed by atoms with van der Waals surface area (Å²) >= 11 is 0. The van der Waals surface area contributed by atoms with Crippen molar-refractivity contribution in [1.29, 1.82) is 0 Å². The van der Waals surface area contributed by atoms with Gasteiger partial charge in [0, 0.05) is 51.5 Å². The summed E-state index contributed by atoms with van der Waals surface area (Å²) in [7, 11) is 3.59. The number of hydrogen-bond acceptors (Lipinski definition) is 10. The molecule has 0 aromatic heterocycles. The summed E-state index contributed by atoms with van der Waals surface area (Å²) in [5, 5.41) is 21.8. The number of hydrogen-bond donors (Lipinski definition) is 3. The number of ketones is 2. The van der Waals surface area contributed by atoms with Gasteiger partial charge in [0.25, 0.3) is 5.91 Å². The van der Waals surface area contributed by atoms with Crippen molar-refractivity contribution in [3.63, 3.8) is 0 Å². The van der Waals surface area contributed by atoms with Crippen LogP contribution in [0.2, 0.25) is 0 Å². The number of benzene rings is 1. The standard InChI is InChI=1S/C25H26N2O9/c1-10(28)35-17-9-13-7-12-8-14-15(27(3)4)5-6-16(30)19(14)21(31)18(12)22(32)25(13,36-11(2)29)23(33)20(17)24(26)34/h5-6,12-13,30-31H,7-9H2,1-4H3,(H2,26,34)/t12-,13+,25+/m1/s1. The van der Waals surface area contributed by atoms with E-state index in [1.807, 2.05) is 0 Å². The highest BCUT2D eigenvalue weighted by Gasteiger charge is 2.65. The monoisotopic (exact) mass is 498 g/mol. The summed E-state index contributed by atoms with van der Waals surface area (Å²) in [5.41, 5.74) is 3.37. The third-order valence-corrected chi connectivity index (χ3v) is 6.92. The third kappa shape index (κ3) is 3.53. The van der Waals surface area contributed by atoms with Crippen LogP contribution < -0.4 is 10.6 Å². The second-order valence-corrected chi connectivity index (χ2v) is 9.40. The first-order valence-corrected chi connectivity index (χ1v) is 11.3. The number of Topliss-reactive ketones (excluding diaryl/α,β-unsaturated/α-hetero) is 2. The molecule has 0 heterocycles. The van der Waals surface area contributed by atoms with Crippen molar-refractivity contribution in [2.75, 3.05) is 19.0 Å². The number of phenolic OH excluding ortho intramolecular Hbond substituents is 1. The highest BCUT2D eigenvalue weighted by molar-refractivity contribution is 6.33. The molecule has 1 saturated carbocycles. The molecule has 11 nitrogen and oxygen atoms in total. The fourth-order valence-corrected chi connectivity index (χ4v) is 5.65. The van der Waals surface area contributed by atoms with Gasteiger partial charge in [-0.25, -0.2) is 0 Å². The molecule has 0 bridgehead atoms. The van der Waals surface area contributed by atoms with E-state index in [0.29, 0.717) is 11.3 Å². The van der Waals surface area contributed by atoms with Crippen LogP contribution >= 0.6 is 0 Å². The van der Waals surface area contributed by atoms with Gasteiger partial charge in [-0.15, -0.1) is 0 Å². The summed E-state index contributed by atoms with van der Waals surface area (Å²) < 4.78 is 10.5. The van der Waals surface area contributed by atoms with E-state index in [1.165, 1.54) is 6.07 Å². The molecule has 0 aliphatic heterocycles. The van der Waals surface area contributed by atoms with Crippen molar-refractivity contribution in [3.05, 3.63) is 40.2 Å². The lowest BCUT2D eigenvalue weighted by Gasteiger charge is -2.47. The molecule has 36 heavy (non-hydrogen) atoms. The molecular formula is C25H26N2O9. The first kappa shape index (κ1) is 25.0. The number of anilines is 1. The molecule has 0 radical (unpaired) electrons. The number of fused-ring (bicyclic) bond motifs is 3. The Morgan fingerprint density at radius 1 is 1.06 bits per heavy atom. The van der Waals surface area contributed by atoms with Crippen LogP contribution in [0, 0.1) is 11.8 Å². The number of aliphatic hydroxyl groups is 1. The van der Waals surface area contributed by atoms with Crippen LogP contribution in [0.5, 0.6) is 5.75 Å². The number of nitrogens with two attached hydrogens (primary N) is 1. The van der Waals surface area contributed by atoms with Gasteiger partial charge in [-0.1, -0.05) is 0 Å². The first-order chi connectivity index (χ1) is 16.8. The molecule has 4 rings (SSSR count). The Balaban J connectivity index is 1.97. The minimum Gasteiger partial charge on any atom is -0.507 e. The van der Waals surface area contributed by atoms with Crippen LogP contribution in [0.25, 0.3) is 5.76 Å². The Labute approximate surface area is 206 Å². The van der Waals surface area contributed by atoms with Gasteiger partial charge < -0.3 is 30.3 Å². The quantitative estimate of drug-likeness (QED) is 0.309. The minimum atomic E-state index is -2.48. The van der Waals surface area contributed by atoms with E-state index in [0.717, 1.165) is 13.8 Å². The van der Waals surface area contributed by atoms with Gasteiger partial charge in [-0.2, -0.15) is 0 Å². The predicted octanol–water partition coefficient (Wildman–Crippen LogP) is 1.07. The van der Waals surface area contributed by atoms with Crippen molar-refractivity contribution in [2.45, 2.75) is 38.7 Å². The Bertz CT molecular complexity index is 1310. The Kier molecular flexibility index (Phi) is 5.90. The Hall–Kier alpha value is -4.15. The Morgan fingerprint density at radius 3 is 2.28 bits per heavy atom. The van der Waals surface area contributed by atoms with Crippen LogP contribution in [0.1, 0.15) is 37.8 Å². The lowest BCUT2D eigenvalue weighted by atomic mass is 9.58. The van der Waals surface area contributed by atoms with Gasteiger partial charge in [0.1, 0.15) is 22.8 Å². The van der Waals surface area contributed by atoms with E-state index in [4.69, 9.17) is 15.2 Å². The number of rotatable bonds is 4. The van der Waals surface area contributed by atoms with E-state index in [1.54, 1.807) is 25.1 Å². The zero-order valence-corrected chi connectivity index (χ0v) is 20.2. The van der Waals surface area contributed by atoms with Crippen molar-refractivity contribution in [1.82, 2.24) is 0 Å². The molecule has 0 saturated heterocycles. The van der Waals surface area contributed by atoms with Gasteiger partial charge >= 0.3 is 11.9 Å². The highest BCUT2D eigenvalue weighted by Crippen LogP contribution is 2.53. The largest absolute Gasteiger partial charge is 0.507 e. The highest BCUT2D eigenvalue weighted by atomic mass is 16.6. The molecule has 1 fully saturated rings. The molecule has 190 valence electrons. The molecule has 3 atom stereocenters. The van der Waals surface area contributed by atoms with E-state index in [2.05, 4.69) is 0 Å². The van der Waals surface area contributed by atoms with E-state index in [9.17, 15) is 34.2 Å². The number of esters is 2. The van der Waals surface area contributed by atoms with Crippen molar-refractivity contribution in [2.24, 2.45) is 17.6 Å². The second-order valence-electron chi connectivity index (χ2n) is 9.40. The summed E-state index contributed by atoms with van der Waals surface area (Å²) in [6.07, 6.45) is 0.0576. The summed E-state index contributed by atoms with van der Waals surface area (Å²) in [5.74, 6) is -7.91. The predicted molar refractivity (Wildman–Crippen MR) is 124 cm³/mol. The number of carbonyl (C=O) groups excluding carboxylic acids is 5. The molecule has 1 amide bonds. The zero-order valence-electron chi connectivity index (χ0n) is 20.2. The summed E-state index contributed by atoms with van der Waals surface area (Å²) in [4.78, 5) is 65.5. The lowest BCUT2D eigenvalue weighted by molar-refractivity contribution is -0.180. The smallest absolute Gasteiger partial charge is 0.307 e. The number of allylic oxidation sites excluding steroid dienone is 1. The number of aromatic hydroxyl groups is 1. The van der Waals surface area contributed by atoms with Crippen molar-refractivity contribution < 1.29 is 43.7 Å².